The second kappa shape index (κ2) is 9.91. The molecule has 2 aliphatic carbocycles. The van der Waals surface area contributed by atoms with Gasteiger partial charge in [0.25, 0.3) is 0 Å². The summed E-state index contributed by atoms with van der Waals surface area (Å²) in [6.45, 7) is 2.23. The molecule has 0 amide bonds. The van der Waals surface area contributed by atoms with Crippen LogP contribution in [0.25, 0.3) is 0 Å². The summed E-state index contributed by atoms with van der Waals surface area (Å²) in [7, 11) is 0. The van der Waals surface area contributed by atoms with Crippen molar-refractivity contribution in [3.05, 3.63) is 23.8 Å². The van der Waals surface area contributed by atoms with Crippen LogP contribution in [0.4, 0.5) is 0 Å². The van der Waals surface area contributed by atoms with Crippen LogP contribution in [0.5, 0.6) is 0 Å². The van der Waals surface area contributed by atoms with Gasteiger partial charge in [-0.2, -0.15) is 0 Å². The maximum atomic E-state index is 11.6. The van der Waals surface area contributed by atoms with Gasteiger partial charge in [-0.15, -0.1) is 0 Å². The van der Waals surface area contributed by atoms with Gasteiger partial charge in [0.1, 0.15) is 0 Å². The van der Waals surface area contributed by atoms with Crippen LogP contribution in [0.1, 0.15) is 71.1 Å². The SMILES string of the molecule is CCCCCCC=C[C@H]1CC[C@H]2CC(=CCC(=O)C(O)C(=O)O)C[C@@H]21. The van der Waals surface area contributed by atoms with Crippen LogP contribution in [0.3, 0.4) is 0 Å². The van der Waals surface area contributed by atoms with Crippen molar-refractivity contribution < 1.29 is 19.8 Å². The Bertz CT molecular complexity index is 520. The van der Waals surface area contributed by atoms with Crippen molar-refractivity contribution in [2.24, 2.45) is 17.8 Å². The summed E-state index contributed by atoms with van der Waals surface area (Å²) in [6.07, 6.45) is 15.7. The molecule has 0 bridgehead atoms. The molecule has 0 radical (unpaired) electrons. The normalized spacial score (nSPS) is 28.6. The van der Waals surface area contributed by atoms with Gasteiger partial charge >= 0.3 is 5.97 Å². The highest BCUT2D eigenvalue weighted by molar-refractivity contribution is 6.01. The van der Waals surface area contributed by atoms with Crippen molar-refractivity contribution in [2.45, 2.75) is 77.2 Å². The molecule has 140 valence electrons. The lowest BCUT2D eigenvalue weighted by molar-refractivity contribution is -0.151. The van der Waals surface area contributed by atoms with Gasteiger partial charge in [-0.05, 0) is 56.3 Å². The number of rotatable bonds is 10. The maximum Gasteiger partial charge on any atom is 0.340 e. The quantitative estimate of drug-likeness (QED) is 0.351. The van der Waals surface area contributed by atoms with Crippen molar-refractivity contribution in [3.8, 4) is 0 Å². The van der Waals surface area contributed by atoms with Crippen molar-refractivity contribution in [2.75, 3.05) is 0 Å². The van der Waals surface area contributed by atoms with Crippen molar-refractivity contribution in [1.29, 1.82) is 0 Å². The second-order valence-corrected chi connectivity index (χ2v) is 7.62. The number of Topliss-reactive ketones (excluding diaryl/α,β-unsaturated/α-hetero) is 1. The lowest BCUT2D eigenvalue weighted by Gasteiger charge is -2.14. The molecule has 2 fully saturated rings. The number of carboxylic acid groups (broad SMARTS) is 1. The van der Waals surface area contributed by atoms with E-state index in [9.17, 15) is 14.7 Å². The Morgan fingerprint density at radius 1 is 1.20 bits per heavy atom. The van der Waals surface area contributed by atoms with Gasteiger partial charge in [0.15, 0.2) is 5.78 Å². The van der Waals surface area contributed by atoms with Crippen LogP contribution < -0.4 is 0 Å². The lowest BCUT2D eigenvalue weighted by Crippen LogP contribution is -2.28. The van der Waals surface area contributed by atoms with Crippen LogP contribution in [-0.2, 0) is 9.59 Å². The Kier molecular flexibility index (Phi) is 7.89. The van der Waals surface area contributed by atoms with E-state index in [1.165, 1.54) is 50.5 Å². The number of hydrogen-bond acceptors (Lipinski definition) is 3. The minimum atomic E-state index is -1.89. The first-order chi connectivity index (χ1) is 12.0. The maximum absolute atomic E-state index is 11.6. The molecule has 0 saturated heterocycles. The third kappa shape index (κ3) is 5.81. The number of aliphatic hydroxyl groups excluding tert-OH is 1. The number of aliphatic carboxylic acids is 1. The van der Waals surface area contributed by atoms with Gasteiger partial charge in [-0.25, -0.2) is 4.79 Å². The molecule has 0 aromatic heterocycles. The van der Waals surface area contributed by atoms with E-state index in [2.05, 4.69) is 19.1 Å². The molecule has 4 atom stereocenters. The third-order valence-electron chi connectivity index (χ3n) is 5.79. The monoisotopic (exact) mass is 348 g/mol. The molecule has 0 aromatic rings. The van der Waals surface area contributed by atoms with E-state index in [-0.39, 0.29) is 6.42 Å². The Labute approximate surface area is 151 Å². The third-order valence-corrected chi connectivity index (χ3v) is 5.79. The topological polar surface area (TPSA) is 74.6 Å². The predicted molar refractivity (Wildman–Crippen MR) is 98.2 cm³/mol. The number of hydrogen-bond donors (Lipinski definition) is 2. The Hall–Kier alpha value is -1.42. The average molecular weight is 348 g/mol. The number of carboxylic acids is 1. The molecule has 0 heterocycles. The fourth-order valence-electron chi connectivity index (χ4n) is 4.34. The standard InChI is InChI=1S/C21H32O4/c1-2-3-4-5-6-7-8-16-10-11-17-13-15(14-18(16)17)9-12-19(22)20(23)21(24)25/h7-9,16-18,20,23H,2-6,10-14H2,1H3,(H,24,25)/t16-,17-,18+,20?/m0/s1. The van der Waals surface area contributed by atoms with Crippen LogP contribution >= 0.6 is 0 Å². The van der Waals surface area contributed by atoms with Crippen LogP contribution in [-0.4, -0.2) is 28.1 Å². The molecule has 1 unspecified atom stereocenters. The fourth-order valence-corrected chi connectivity index (χ4v) is 4.34. The molecule has 4 heteroatoms. The number of carbonyl (C=O) groups is 2. The Morgan fingerprint density at radius 3 is 2.72 bits per heavy atom. The van der Waals surface area contributed by atoms with Crippen LogP contribution in [0, 0.1) is 17.8 Å². The van der Waals surface area contributed by atoms with Gasteiger partial charge in [-0.1, -0.05) is 50.0 Å². The largest absolute Gasteiger partial charge is 0.479 e. The summed E-state index contributed by atoms with van der Waals surface area (Å²) in [5.41, 5.74) is 1.27. The van der Waals surface area contributed by atoms with E-state index < -0.39 is 17.9 Å². The summed E-state index contributed by atoms with van der Waals surface area (Å²) in [4.78, 5) is 22.2. The molecule has 25 heavy (non-hydrogen) atoms. The zero-order chi connectivity index (χ0) is 18.2. The second-order valence-electron chi connectivity index (χ2n) is 7.62. The van der Waals surface area contributed by atoms with Crippen molar-refractivity contribution in [3.63, 3.8) is 0 Å². The lowest BCUT2D eigenvalue weighted by atomic mass is 9.91. The van der Waals surface area contributed by atoms with Gasteiger partial charge in [0.05, 0.1) is 0 Å². The number of ketones is 1. The number of carbonyl (C=O) groups excluding carboxylic acids is 1. The highest BCUT2D eigenvalue weighted by Crippen LogP contribution is 2.50. The molecule has 2 N–H and O–H groups in total. The molecule has 0 aliphatic heterocycles. The summed E-state index contributed by atoms with van der Waals surface area (Å²) >= 11 is 0. The number of aliphatic hydroxyl groups is 1. The van der Waals surface area contributed by atoms with Crippen molar-refractivity contribution >= 4 is 11.8 Å². The first-order valence-electron chi connectivity index (χ1n) is 9.81. The molecular formula is C21H32O4. The zero-order valence-corrected chi connectivity index (χ0v) is 15.3. The molecular weight excluding hydrogens is 316 g/mol. The van der Waals surface area contributed by atoms with Crippen LogP contribution in [0.2, 0.25) is 0 Å². The highest BCUT2D eigenvalue weighted by Gasteiger charge is 2.39. The fraction of sp³-hybridized carbons (Fsp3) is 0.714. The van der Waals surface area contributed by atoms with Gasteiger partial charge < -0.3 is 10.2 Å². The van der Waals surface area contributed by atoms with E-state index in [0.717, 1.165) is 12.8 Å². The average Bonchev–Trinajstić information content (AvgIpc) is 3.16. The summed E-state index contributed by atoms with van der Waals surface area (Å²) in [5, 5.41) is 17.9. The molecule has 2 aliphatic rings. The van der Waals surface area contributed by atoms with Crippen molar-refractivity contribution in [1.82, 2.24) is 0 Å². The first-order valence-corrected chi connectivity index (χ1v) is 9.81. The molecule has 2 saturated carbocycles. The number of unbranched alkanes of at least 4 members (excludes halogenated alkanes) is 4. The van der Waals surface area contributed by atoms with E-state index in [4.69, 9.17) is 5.11 Å². The number of fused-ring (bicyclic) bond motifs is 1. The summed E-state index contributed by atoms with van der Waals surface area (Å²) in [6, 6.07) is 0. The summed E-state index contributed by atoms with van der Waals surface area (Å²) < 4.78 is 0. The smallest absolute Gasteiger partial charge is 0.340 e. The zero-order valence-electron chi connectivity index (χ0n) is 15.3. The van der Waals surface area contributed by atoms with E-state index >= 15 is 0 Å². The predicted octanol–water partition coefficient (Wildman–Crippen LogP) is 4.28. The molecule has 4 nitrogen and oxygen atoms in total. The van der Waals surface area contributed by atoms with Gasteiger partial charge in [0.2, 0.25) is 6.10 Å². The van der Waals surface area contributed by atoms with Gasteiger partial charge in [-0.3, -0.25) is 4.79 Å². The minimum absolute atomic E-state index is 0.0280. The Morgan fingerprint density at radius 2 is 2.00 bits per heavy atom. The van der Waals surface area contributed by atoms with Gasteiger partial charge in [0, 0.05) is 6.42 Å². The van der Waals surface area contributed by atoms with E-state index in [0.29, 0.717) is 17.8 Å². The molecule has 0 aromatic carbocycles. The number of allylic oxidation sites excluding steroid dienone is 4. The van der Waals surface area contributed by atoms with E-state index in [1.54, 1.807) is 0 Å². The van der Waals surface area contributed by atoms with Crippen LogP contribution in [0.15, 0.2) is 23.8 Å². The Balaban J connectivity index is 1.78. The molecule has 0 spiro atoms. The minimum Gasteiger partial charge on any atom is -0.479 e. The first kappa shape index (κ1) is 19.9. The highest BCUT2D eigenvalue weighted by atomic mass is 16.4. The summed E-state index contributed by atoms with van der Waals surface area (Å²) in [5.74, 6) is -0.0445. The van der Waals surface area contributed by atoms with E-state index in [1.807, 2.05) is 6.08 Å². The molecule has 2 rings (SSSR count).